The summed E-state index contributed by atoms with van der Waals surface area (Å²) in [5, 5.41) is 8.73. The molecular weight excluding hydrogens is 214 g/mol. The lowest BCUT2D eigenvalue weighted by Crippen LogP contribution is -2.11. The second-order valence-corrected chi connectivity index (χ2v) is 3.78. The van der Waals surface area contributed by atoms with Crippen LogP contribution in [0.1, 0.15) is 11.4 Å². The summed E-state index contributed by atoms with van der Waals surface area (Å²) in [7, 11) is 1.88. The molecule has 17 heavy (non-hydrogen) atoms. The monoisotopic (exact) mass is 227 g/mol. The summed E-state index contributed by atoms with van der Waals surface area (Å²) in [6.07, 6.45) is 0. The molecule has 0 fully saturated rings. The number of hydrogen-bond donors (Lipinski definition) is 2. The van der Waals surface area contributed by atoms with Crippen molar-refractivity contribution in [1.29, 1.82) is 5.26 Å². The minimum atomic E-state index is 0.536. The lowest BCUT2D eigenvalue weighted by atomic mass is 10.2. The van der Waals surface area contributed by atoms with Crippen LogP contribution < -0.4 is 10.6 Å². The molecule has 0 unspecified atom stereocenters. The molecule has 3 N–H and O–H groups in total. The van der Waals surface area contributed by atoms with Crippen LogP contribution in [-0.4, -0.2) is 17.0 Å². The van der Waals surface area contributed by atoms with E-state index in [4.69, 9.17) is 11.0 Å². The normalized spacial score (nSPS) is 9.94. The van der Waals surface area contributed by atoms with Crippen LogP contribution in [0.5, 0.6) is 0 Å². The van der Waals surface area contributed by atoms with Crippen LogP contribution in [0.25, 0.3) is 0 Å². The molecule has 0 aliphatic rings. The van der Waals surface area contributed by atoms with E-state index in [-0.39, 0.29) is 0 Å². The third-order valence-electron chi connectivity index (χ3n) is 2.53. The van der Waals surface area contributed by atoms with Gasteiger partial charge in [0.15, 0.2) is 5.82 Å². The van der Waals surface area contributed by atoms with Gasteiger partial charge in [0.2, 0.25) is 0 Å². The van der Waals surface area contributed by atoms with Crippen LogP contribution in [-0.2, 0) is 0 Å². The highest BCUT2D eigenvalue weighted by atomic mass is 15.2. The maximum atomic E-state index is 8.73. The first kappa shape index (κ1) is 11.0. The van der Waals surface area contributed by atoms with Gasteiger partial charge in [0, 0.05) is 12.7 Å². The molecule has 1 aromatic carbocycles. The molecule has 0 saturated heterocycles. The van der Waals surface area contributed by atoms with Crippen LogP contribution in [0.4, 0.5) is 17.3 Å². The standard InChI is InChI=1S/C12H13N5/c1-8-15-11(14)12(16-8)17(2)10-5-3-9(7-13)4-6-10/h3-6H,14H2,1-2H3,(H,15,16). The molecule has 1 heterocycles. The second kappa shape index (κ2) is 4.18. The number of H-pyrrole nitrogens is 1. The fraction of sp³-hybridized carbons (Fsp3) is 0.167. The largest absolute Gasteiger partial charge is 0.382 e. The number of nitriles is 1. The van der Waals surface area contributed by atoms with E-state index >= 15 is 0 Å². The fourth-order valence-corrected chi connectivity index (χ4v) is 1.64. The lowest BCUT2D eigenvalue weighted by molar-refractivity contribution is 1.11. The average Bonchev–Trinajstić information content (AvgIpc) is 2.68. The summed E-state index contributed by atoms with van der Waals surface area (Å²) in [4.78, 5) is 9.14. The molecule has 5 nitrogen and oxygen atoms in total. The Labute approximate surface area is 99.5 Å². The molecule has 0 bridgehead atoms. The molecule has 0 aliphatic carbocycles. The molecule has 0 saturated carbocycles. The van der Waals surface area contributed by atoms with E-state index in [1.165, 1.54) is 0 Å². The maximum Gasteiger partial charge on any atom is 0.175 e. The Morgan fingerprint density at radius 2 is 2.00 bits per heavy atom. The quantitative estimate of drug-likeness (QED) is 0.821. The van der Waals surface area contributed by atoms with Gasteiger partial charge in [-0.05, 0) is 31.2 Å². The number of nitrogen functional groups attached to an aromatic ring is 1. The maximum absolute atomic E-state index is 8.73. The van der Waals surface area contributed by atoms with Crippen molar-refractivity contribution in [3.63, 3.8) is 0 Å². The van der Waals surface area contributed by atoms with Crippen molar-refractivity contribution < 1.29 is 0 Å². The Morgan fingerprint density at radius 3 is 2.47 bits per heavy atom. The van der Waals surface area contributed by atoms with Crippen LogP contribution in [0.2, 0.25) is 0 Å². The van der Waals surface area contributed by atoms with Gasteiger partial charge < -0.3 is 15.6 Å². The molecular formula is C12H13N5. The molecule has 0 amide bonds. The van der Waals surface area contributed by atoms with Gasteiger partial charge in [-0.25, -0.2) is 4.98 Å². The highest BCUT2D eigenvalue weighted by molar-refractivity contribution is 5.68. The molecule has 2 rings (SSSR count). The van der Waals surface area contributed by atoms with Gasteiger partial charge in [-0.2, -0.15) is 5.26 Å². The minimum absolute atomic E-state index is 0.536. The highest BCUT2D eigenvalue weighted by Gasteiger charge is 2.11. The average molecular weight is 227 g/mol. The Kier molecular flexibility index (Phi) is 2.71. The van der Waals surface area contributed by atoms with Crippen molar-refractivity contribution in [3.05, 3.63) is 35.7 Å². The fourth-order valence-electron chi connectivity index (χ4n) is 1.64. The number of aryl methyl sites for hydroxylation is 1. The first-order valence-corrected chi connectivity index (χ1v) is 5.18. The van der Waals surface area contributed by atoms with E-state index in [1.807, 2.05) is 31.0 Å². The number of hydrogen-bond acceptors (Lipinski definition) is 4. The summed E-state index contributed by atoms with van der Waals surface area (Å²) >= 11 is 0. The van der Waals surface area contributed by atoms with Gasteiger partial charge in [0.1, 0.15) is 11.6 Å². The van der Waals surface area contributed by atoms with E-state index < -0.39 is 0 Å². The Morgan fingerprint density at radius 1 is 1.35 bits per heavy atom. The predicted octanol–water partition coefficient (Wildman–Crippen LogP) is 1.94. The molecule has 0 radical (unpaired) electrons. The van der Waals surface area contributed by atoms with E-state index in [9.17, 15) is 0 Å². The summed E-state index contributed by atoms with van der Waals surface area (Å²) < 4.78 is 0. The number of imidazole rings is 1. The molecule has 0 spiro atoms. The molecule has 0 atom stereocenters. The highest BCUT2D eigenvalue weighted by Crippen LogP contribution is 2.26. The molecule has 86 valence electrons. The number of benzene rings is 1. The Bertz CT molecular complexity index is 562. The van der Waals surface area contributed by atoms with Crippen LogP contribution in [0, 0.1) is 18.3 Å². The van der Waals surface area contributed by atoms with Crippen molar-refractivity contribution in [2.75, 3.05) is 17.7 Å². The van der Waals surface area contributed by atoms with Gasteiger partial charge in [-0.1, -0.05) is 0 Å². The third-order valence-corrected chi connectivity index (χ3v) is 2.53. The van der Waals surface area contributed by atoms with Gasteiger partial charge in [-0.15, -0.1) is 0 Å². The number of nitrogens with two attached hydrogens (primary N) is 1. The number of nitrogens with zero attached hydrogens (tertiary/aromatic N) is 3. The van der Waals surface area contributed by atoms with Gasteiger partial charge in [0.25, 0.3) is 0 Å². The zero-order valence-corrected chi connectivity index (χ0v) is 9.73. The molecule has 2 aromatic rings. The van der Waals surface area contributed by atoms with Crippen molar-refractivity contribution >= 4 is 17.3 Å². The van der Waals surface area contributed by atoms with Crippen molar-refractivity contribution in [1.82, 2.24) is 9.97 Å². The van der Waals surface area contributed by atoms with Gasteiger partial charge >= 0.3 is 0 Å². The number of rotatable bonds is 2. The number of aromatic amines is 1. The summed E-state index contributed by atoms with van der Waals surface area (Å²) in [5.74, 6) is 2.00. The third kappa shape index (κ3) is 2.06. The SMILES string of the molecule is Cc1nc(N(C)c2ccc(C#N)cc2)c(N)[nH]1. The molecule has 5 heteroatoms. The first-order valence-electron chi connectivity index (χ1n) is 5.18. The zero-order chi connectivity index (χ0) is 12.4. The van der Waals surface area contributed by atoms with Crippen molar-refractivity contribution in [3.8, 4) is 6.07 Å². The van der Waals surface area contributed by atoms with Crippen molar-refractivity contribution in [2.24, 2.45) is 0 Å². The van der Waals surface area contributed by atoms with Crippen LogP contribution in [0.15, 0.2) is 24.3 Å². The summed E-state index contributed by atoms with van der Waals surface area (Å²) in [6.45, 7) is 1.85. The van der Waals surface area contributed by atoms with Crippen LogP contribution >= 0.6 is 0 Å². The van der Waals surface area contributed by atoms with Gasteiger partial charge in [0.05, 0.1) is 11.6 Å². The van der Waals surface area contributed by atoms with E-state index in [0.717, 1.165) is 11.5 Å². The van der Waals surface area contributed by atoms with Crippen molar-refractivity contribution in [2.45, 2.75) is 6.92 Å². The summed E-state index contributed by atoms with van der Waals surface area (Å²) in [5.41, 5.74) is 7.39. The molecule has 0 aliphatic heterocycles. The Balaban J connectivity index is 2.34. The topological polar surface area (TPSA) is 81.7 Å². The zero-order valence-electron chi connectivity index (χ0n) is 9.73. The van der Waals surface area contributed by atoms with Gasteiger partial charge in [-0.3, -0.25) is 0 Å². The van der Waals surface area contributed by atoms with E-state index in [1.54, 1.807) is 12.1 Å². The number of nitrogens with one attached hydrogen (secondary N) is 1. The predicted molar refractivity (Wildman–Crippen MR) is 67.0 cm³/mol. The lowest BCUT2D eigenvalue weighted by Gasteiger charge is -2.17. The number of aromatic nitrogens is 2. The minimum Gasteiger partial charge on any atom is -0.382 e. The van der Waals surface area contributed by atoms with Crippen LogP contribution in [0.3, 0.4) is 0 Å². The second-order valence-electron chi connectivity index (χ2n) is 3.78. The van der Waals surface area contributed by atoms with E-state index in [2.05, 4.69) is 16.0 Å². The first-order chi connectivity index (χ1) is 8.11. The van der Waals surface area contributed by atoms with E-state index in [0.29, 0.717) is 17.2 Å². The number of anilines is 3. The summed E-state index contributed by atoms with van der Waals surface area (Å²) in [6, 6.07) is 9.34. The Hall–Kier alpha value is -2.48. The smallest absolute Gasteiger partial charge is 0.175 e. The molecule has 1 aromatic heterocycles.